The molecule has 1 aromatic carbocycles. The van der Waals surface area contributed by atoms with Gasteiger partial charge in [0, 0.05) is 11.1 Å². The summed E-state index contributed by atoms with van der Waals surface area (Å²) in [4.78, 5) is 4.14. The molecule has 1 heterocycles. The van der Waals surface area contributed by atoms with Gasteiger partial charge in [0.15, 0.2) is 0 Å². The summed E-state index contributed by atoms with van der Waals surface area (Å²) < 4.78 is 5.28. The predicted octanol–water partition coefficient (Wildman–Crippen LogP) is 2.38. The molecule has 1 aromatic heterocycles. The third-order valence-corrected chi connectivity index (χ3v) is 3.05. The predicted molar refractivity (Wildman–Crippen MR) is 61.8 cm³/mol. The summed E-state index contributed by atoms with van der Waals surface area (Å²) in [6.07, 6.45) is 6.47. The lowest BCUT2D eigenvalue weighted by molar-refractivity contribution is 0.574. The molecule has 2 aromatic rings. The highest BCUT2D eigenvalue weighted by Gasteiger charge is 2.37. The summed E-state index contributed by atoms with van der Waals surface area (Å²) in [6.45, 7) is 0. The standard InChI is InChI=1S/C13H14N2O/c14-13(4-5-13)9-10-2-1-3-11(8-10)12-15-6-7-16-12/h1-3,6-8H,4-5,9,14H2. The number of nitrogens with two attached hydrogens (primary N) is 1. The molecular formula is C13H14N2O. The van der Waals surface area contributed by atoms with Gasteiger partial charge in [-0.25, -0.2) is 4.98 Å². The van der Waals surface area contributed by atoms with E-state index in [2.05, 4.69) is 17.1 Å². The van der Waals surface area contributed by atoms with Gasteiger partial charge in [0.25, 0.3) is 0 Å². The number of hydrogen-bond donors (Lipinski definition) is 1. The molecule has 3 nitrogen and oxygen atoms in total. The van der Waals surface area contributed by atoms with Gasteiger partial charge in [-0.2, -0.15) is 0 Å². The van der Waals surface area contributed by atoms with Crippen LogP contribution in [-0.2, 0) is 6.42 Å². The lowest BCUT2D eigenvalue weighted by Gasteiger charge is -2.08. The second-order valence-electron chi connectivity index (χ2n) is 4.58. The van der Waals surface area contributed by atoms with E-state index in [-0.39, 0.29) is 5.54 Å². The van der Waals surface area contributed by atoms with Crippen molar-refractivity contribution in [3.63, 3.8) is 0 Å². The van der Waals surface area contributed by atoms with E-state index in [0.717, 1.165) is 24.8 Å². The maximum atomic E-state index is 6.11. The third kappa shape index (κ3) is 1.86. The van der Waals surface area contributed by atoms with Crippen LogP contribution in [0.5, 0.6) is 0 Å². The maximum absolute atomic E-state index is 6.11. The van der Waals surface area contributed by atoms with Crippen molar-refractivity contribution in [1.82, 2.24) is 4.98 Å². The van der Waals surface area contributed by atoms with E-state index in [9.17, 15) is 0 Å². The van der Waals surface area contributed by atoms with Crippen molar-refractivity contribution in [1.29, 1.82) is 0 Å². The zero-order valence-electron chi connectivity index (χ0n) is 9.02. The number of nitrogens with zero attached hydrogens (tertiary/aromatic N) is 1. The summed E-state index contributed by atoms with van der Waals surface area (Å²) in [6, 6.07) is 8.25. The molecule has 0 radical (unpaired) electrons. The first kappa shape index (κ1) is 9.60. The number of benzene rings is 1. The first-order valence-electron chi connectivity index (χ1n) is 5.53. The van der Waals surface area contributed by atoms with Gasteiger partial charge in [-0.05, 0) is 37.0 Å². The monoisotopic (exact) mass is 214 g/mol. The van der Waals surface area contributed by atoms with Crippen LogP contribution >= 0.6 is 0 Å². The van der Waals surface area contributed by atoms with Crippen LogP contribution < -0.4 is 5.73 Å². The smallest absolute Gasteiger partial charge is 0.225 e. The van der Waals surface area contributed by atoms with Gasteiger partial charge in [0.2, 0.25) is 5.89 Å². The second-order valence-corrected chi connectivity index (χ2v) is 4.58. The van der Waals surface area contributed by atoms with Gasteiger partial charge < -0.3 is 10.2 Å². The van der Waals surface area contributed by atoms with Crippen molar-refractivity contribution < 1.29 is 4.42 Å². The normalized spacial score (nSPS) is 17.3. The molecule has 0 spiro atoms. The fourth-order valence-electron chi connectivity index (χ4n) is 1.92. The van der Waals surface area contributed by atoms with Crippen LogP contribution in [0, 0.1) is 0 Å². The summed E-state index contributed by atoms with van der Waals surface area (Å²) in [5.41, 5.74) is 8.44. The van der Waals surface area contributed by atoms with Gasteiger partial charge in [0.1, 0.15) is 6.26 Å². The second kappa shape index (κ2) is 3.46. The maximum Gasteiger partial charge on any atom is 0.225 e. The van der Waals surface area contributed by atoms with Crippen LogP contribution in [0.1, 0.15) is 18.4 Å². The Morgan fingerprint density at radius 2 is 2.25 bits per heavy atom. The molecule has 1 aliphatic rings. The number of oxazole rings is 1. The Kier molecular flexibility index (Phi) is 2.07. The van der Waals surface area contributed by atoms with Crippen LogP contribution in [-0.4, -0.2) is 10.5 Å². The number of aromatic nitrogens is 1. The van der Waals surface area contributed by atoms with E-state index in [0.29, 0.717) is 5.89 Å². The molecule has 3 heteroatoms. The zero-order chi connectivity index (χ0) is 11.0. The lowest BCUT2D eigenvalue weighted by Crippen LogP contribution is -2.24. The van der Waals surface area contributed by atoms with Crippen LogP contribution in [0.25, 0.3) is 11.5 Å². The molecule has 0 bridgehead atoms. The quantitative estimate of drug-likeness (QED) is 0.853. The highest BCUT2D eigenvalue weighted by Crippen LogP contribution is 2.36. The van der Waals surface area contributed by atoms with Crippen LogP contribution in [0.3, 0.4) is 0 Å². The minimum Gasteiger partial charge on any atom is -0.445 e. The first-order valence-corrected chi connectivity index (χ1v) is 5.53. The van der Waals surface area contributed by atoms with Crippen molar-refractivity contribution in [2.75, 3.05) is 0 Å². The van der Waals surface area contributed by atoms with E-state index in [1.165, 1.54) is 5.56 Å². The summed E-state index contributed by atoms with van der Waals surface area (Å²) in [5, 5.41) is 0. The average Bonchev–Trinajstić information content (AvgIpc) is 2.84. The summed E-state index contributed by atoms with van der Waals surface area (Å²) >= 11 is 0. The molecule has 1 fully saturated rings. The molecule has 3 rings (SSSR count). The number of rotatable bonds is 3. The SMILES string of the molecule is NC1(Cc2cccc(-c3ncco3)c2)CC1. The number of hydrogen-bond acceptors (Lipinski definition) is 3. The minimum atomic E-state index is 0.0508. The molecular weight excluding hydrogens is 200 g/mol. The molecule has 0 saturated heterocycles. The van der Waals surface area contributed by atoms with E-state index < -0.39 is 0 Å². The molecule has 1 saturated carbocycles. The topological polar surface area (TPSA) is 52.0 Å². The fraction of sp³-hybridized carbons (Fsp3) is 0.308. The van der Waals surface area contributed by atoms with Gasteiger partial charge >= 0.3 is 0 Å². The van der Waals surface area contributed by atoms with Gasteiger partial charge in [-0.3, -0.25) is 0 Å². The molecule has 82 valence electrons. The highest BCUT2D eigenvalue weighted by molar-refractivity contribution is 5.54. The Labute approximate surface area is 94.3 Å². The van der Waals surface area contributed by atoms with Crippen molar-refractivity contribution in [3.8, 4) is 11.5 Å². The summed E-state index contributed by atoms with van der Waals surface area (Å²) in [5.74, 6) is 0.670. The van der Waals surface area contributed by atoms with Crippen molar-refractivity contribution >= 4 is 0 Å². The summed E-state index contributed by atoms with van der Waals surface area (Å²) in [7, 11) is 0. The largest absolute Gasteiger partial charge is 0.445 e. The van der Waals surface area contributed by atoms with Crippen molar-refractivity contribution in [2.24, 2.45) is 5.73 Å². The fourth-order valence-corrected chi connectivity index (χ4v) is 1.92. The van der Waals surface area contributed by atoms with Crippen molar-refractivity contribution in [2.45, 2.75) is 24.8 Å². The molecule has 0 atom stereocenters. The van der Waals surface area contributed by atoms with E-state index in [1.807, 2.05) is 12.1 Å². The molecule has 16 heavy (non-hydrogen) atoms. The Balaban J connectivity index is 1.88. The van der Waals surface area contributed by atoms with Gasteiger partial charge in [0.05, 0.1) is 6.20 Å². The lowest BCUT2D eigenvalue weighted by atomic mass is 10.0. The van der Waals surface area contributed by atoms with Gasteiger partial charge in [-0.15, -0.1) is 0 Å². The molecule has 0 amide bonds. The van der Waals surface area contributed by atoms with Gasteiger partial charge in [-0.1, -0.05) is 12.1 Å². The Morgan fingerprint density at radius 3 is 2.94 bits per heavy atom. The van der Waals surface area contributed by atoms with Crippen LogP contribution in [0.2, 0.25) is 0 Å². The molecule has 2 N–H and O–H groups in total. The van der Waals surface area contributed by atoms with E-state index in [1.54, 1.807) is 12.5 Å². The average molecular weight is 214 g/mol. The Hall–Kier alpha value is -1.61. The van der Waals surface area contributed by atoms with E-state index in [4.69, 9.17) is 10.2 Å². The first-order chi connectivity index (χ1) is 7.75. The highest BCUT2D eigenvalue weighted by atomic mass is 16.3. The third-order valence-electron chi connectivity index (χ3n) is 3.05. The van der Waals surface area contributed by atoms with Crippen LogP contribution in [0.4, 0.5) is 0 Å². The zero-order valence-corrected chi connectivity index (χ0v) is 9.02. The Bertz CT molecular complexity index is 486. The van der Waals surface area contributed by atoms with Crippen LogP contribution in [0.15, 0.2) is 41.1 Å². The molecule has 0 aliphatic heterocycles. The molecule has 0 unspecified atom stereocenters. The Morgan fingerprint density at radius 1 is 1.38 bits per heavy atom. The molecule has 1 aliphatic carbocycles. The van der Waals surface area contributed by atoms with Crippen molar-refractivity contribution in [3.05, 3.63) is 42.3 Å². The van der Waals surface area contributed by atoms with E-state index >= 15 is 0 Å². The minimum absolute atomic E-state index is 0.0508.